The zero-order valence-electron chi connectivity index (χ0n) is 11.2. The molecule has 2 rings (SSSR count). The molecule has 0 aliphatic carbocycles. The fraction of sp³-hybridized carbons (Fsp3) is 0.462. The van der Waals surface area contributed by atoms with Crippen LogP contribution < -0.4 is 5.46 Å². The Balaban J connectivity index is 2.44. The first-order valence-corrected chi connectivity index (χ1v) is 5.91. The Hall–Kier alpha value is -1.20. The van der Waals surface area contributed by atoms with Gasteiger partial charge < -0.3 is 9.31 Å². The summed E-state index contributed by atoms with van der Waals surface area (Å²) in [5, 5.41) is 0. The molecular formula is C13H17BFNO2. The average Bonchev–Trinajstić information content (AvgIpc) is 2.47. The zero-order chi connectivity index (χ0) is 13.6. The molecule has 1 aliphatic rings. The van der Waals surface area contributed by atoms with Crippen molar-refractivity contribution in [3.05, 3.63) is 30.4 Å². The molecule has 0 bridgehead atoms. The van der Waals surface area contributed by atoms with E-state index in [9.17, 15) is 4.39 Å². The molecule has 1 aliphatic heterocycles. The van der Waals surface area contributed by atoms with Crippen molar-refractivity contribution in [2.75, 3.05) is 0 Å². The van der Waals surface area contributed by atoms with E-state index in [0.717, 1.165) is 0 Å². The van der Waals surface area contributed by atoms with Gasteiger partial charge in [0, 0.05) is 11.7 Å². The van der Waals surface area contributed by atoms with Crippen molar-refractivity contribution < 1.29 is 13.7 Å². The minimum absolute atomic E-state index is 0.311. The Bertz CT molecular complexity index is 472. The van der Waals surface area contributed by atoms with Crippen molar-refractivity contribution in [1.29, 1.82) is 0 Å². The van der Waals surface area contributed by atoms with E-state index in [0.29, 0.717) is 11.0 Å². The summed E-state index contributed by atoms with van der Waals surface area (Å²) in [6.07, 6.45) is 2.98. The van der Waals surface area contributed by atoms with Crippen LogP contribution in [0.2, 0.25) is 0 Å². The fourth-order valence-corrected chi connectivity index (χ4v) is 1.83. The number of halogens is 1. The van der Waals surface area contributed by atoms with Crippen LogP contribution in [-0.2, 0) is 9.31 Å². The van der Waals surface area contributed by atoms with Gasteiger partial charge in [-0.15, -0.1) is 0 Å². The number of nitrogens with zero attached hydrogens (tertiary/aromatic N) is 1. The smallest absolute Gasteiger partial charge is 0.399 e. The van der Waals surface area contributed by atoms with Crippen molar-refractivity contribution in [3.8, 4) is 0 Å². The third-order valence-electron chi connectivity index (χ3n) is 3.68. The standard InChI is InChI=1S/C13H17BFNO2/c1-6-9-7-8-16-11(15)10(9)14-17-12(2,3)13(4,5)18-14/h6-8H,1H2,2-5H3. The highest BCUT2D eigenvalue weighted by atomic mass is 19.1. The van der Waals surface area contributed by atoms with Gasteiger partial charge in [0.2, 0.25) is 5.95 Å². The topological polar surface area (TPSA) is 31.4 Å². The second-order valence-electron chi connectivity index (χ2n) is 5.40. The van der Waals surface area contributed by atoms with E-state index in [1.807, 2.05) is 27.7 Å². The summed E-state index contributed by atoms with van der Waals surface area (Å²) in [5.74, 6) is -0.578. The number of hydrogen-bond donors (Lipinski definition) is 0. The van der Waals surface area contributed by atoms with Crippen molar-refractivity contribution in [1.82, 2.24) is 4.98 Å². The van der Waals surface area contributed by atoms with Gasteiger partial charge in [0.05, 0.1) is 11.2 Å². The quantitative estimate of drug-likeness (QED) is 0.594. The highest BCUT2D eigenvalue weighted by molar-refractivity contribution is 6.63. The molecule has 1 saturated heterocycles. The molecule has 0 aromatic carbocycles. The van der Waals surface area contributed by atoms with Gasteiger partial charge in [-0.05, 0) is 39.3 Å². The predicted molar refractivity (Wildman–Crippen MR) is 70.0 cm³/mol. The summed E-state index contributed by atoms with van der Waals surface area (Å²) in [6, 6.07) is 1.69. The van der Waals surface area contributed by atoms with Gasteiger partial charge in [-0.3, -0.25) is 0 Å². The molecule has 0 atom stereocenters. The SMILES string of the molecule is C=Cc1ccnc(F)c1B1OC(C)(C)C(C)(C)O1. The Labute approximate surface area is 107 Å². The molecule has 3 nitrogen and oxygen atoms in total. The summed E-state index contributed by atoms with van der Waals surface area (Å²) in [4.78, 5) is 3.65. The second-order valence-corrected chi connectivity index (χ2v) is 5.40. The van der Waals surface area contributed by atoms with Crippen LogP contribution in [0.15, 0.2) is 18.8 Å². The van der Waals surface area contributed by atoms with Crippen LogP contribution in [-0.4, -0.2) is 23.3 Å². The lowest BCUT2D eigenvalue weighted by Crippen LogP contribution is -2.41. The van der Waals surface area contributed by atoms with Crippen LogP contribution in [0.25, 0.3) is 6.08 Å². The lowest BCUT2D eigenvalue weighted by atomic mass is 9.77. The molecule has 1 aromatic rings. The minimum atomic E-state index is -0.753. The van der Waals surface area contributed by atoms with E-state index in [1.165, 1.54) is 6.20 Å². The summed E-state index contributed by atoms with van der Waals surface area (Å²) >= 11 is 0. The van der Waals surface area contributed by atoms with E-state index in [4.69, 9.17) is 9.31 Å². The predicted octanol–water partition coefficient (Wildman–Crippen LogP) is 2.16. The van der Waals surface area contributed by atoms with Crippen LogP contribution in [0.1, 0.15) is 33.3 Å². The maximum absolute atomic E-state index is 13.9. The highest BCUT2D eigenvalue weighted by Gasteiger charge is 2.53. The Morgan fingerprint density at radius 2 is 1.83 bits per heavy atom. The first-order chi connectivity index (χ1) is 8.28. The minimum Gasteiger partial charge on any atom is -0.399 e. The Morgan fingerprint density at radius 1 is 1.28 bits per heavy atom. The molecule has 0 amide bonds. The molecule has 0 radical (unpaired) electrons. The number of pyridine rings is 1. The molecular weight excluding hydrogens is 232 g/mol. The summed E-state index contributed by atoms with van der Waals surface area (Å²) in [7, 11) is -0.753. The van der Waals surface area contributed by atoms with Gasteiger partial charge in [0.25, 0.3) is 0 Å². The molecule has 5 heteroatoms. The van der Waals surface area contributed by atoms with Crippen molar-refractivity contribution in [2.24, 2.45) is 0 Å². The maximum Gasteiger partial charge on any atom is 0.500 e. The average molecular weight is 249 g/mol. The summed E-state index contributed by atoms with van der Waals surface area (Å²) in [5.41, 5.74) is -0.0521. The molecule has 0 saturated carbocycles. The number of aromatic nitrogens is 1. The molecule has 96 valence electrons. The van der Waals surface area contributed by atoms with Crippen LogP contribution in [0.4, 0.5) is 4.39 Å². The van der Waals surface area contributed by atoms with E-state index < -0.39 is 24.3 Å². The van der Waals surface area contributed by atoms with Crippen molar-refractivity contribution in [2.45, 2.75) is 38.9 Å². The molecule has 0 N–H and O–H groups in total. The van der Waals surface area contributed by atoms with Gasteiger partial charge in [-0.25, -0.2) is 4.98 Å². The Kier molecular flexibility index (Phi) is 3.07. The summed E-state index contributed by atoms with van der Waals surface area (Å²) in [6.45, 7) is 11.4. The van der Waals surface area contributed by atoms with Crippen LogP contribution in [0.5, 0.6) is 0 Å². The summed E-state index contributed by atoms with van der Waals surface area (Å²) < 4.78 is 25.5. The lowest BCUT2D eigenvalue weighted by molar-refractivity contribution is 0.00578. The molecule has 2 heterocycles. The number of rotatable bonds is 2. The zero-order valence-corrected chi connectivity index (χ0v) is 11.2. The van der Waals surface area contributed by atoms with Crippen LogP contribution in [0.3, 0.4) is 0 Å². The fourth-order valence-electron chi connectivity index (χ4n) is 1.83. The lowest BCUT2D eigenvalue weighted by Gasteiger charge is -2.32. The number of hydrogen-bond acceptors (Lipinski definition) is 3. The largest absolute Gasteiger partial charge is 0.500 e. The van der Waals surface area contributed by atoms with Crippen molar-refractivity contribution >= 4 is 18.7 Å². The van der Waals surface area contributed by atoms with E-state index >= 15 is 0 Å². The highest BCUT2D eigenvalue weighted by Crippen LogP contribution is 2.36. The molecule has 18 heavy (non-hydrogen) atoms. The van der Waals surface area contributed by atoms with E-state index in [-0.39, 0.29) is 0 Å². The normalized spacial score (nSPS) is 21.1. The molecule has 0 unspecified atom stereocenters. The first kappa shape index (κ1) is 13.2. The van der Waals surface area contributed by atoms with Crippen molar-refractivity contribution in [3.63, 3.8) is 0 Å². The second kappa shape index (κ2) is 4.18. The van der Waals surface area contributed by atoms with Gasteiger partial charge in [0.1, 0.15) is 0 Å². The van der Waals surface area contributed by atoms with E-state index in [2.05, 4.69) is 11.6 Å². The Morgan fingerprint density at radius 3 is 2.33 bits per heavy atom. The van der Waals surface area contributed by atoms with Gasteiger partial charge in [-0.2, -0.15) is 4.39 Å². The first-order valence-electron chi connectivity index (χ1n) is 5.91. The molecule has 0 spiro atoms. The van der Waals surface area contributed by atoms with E-state index in [1.54, 1.807) is 12.1 Å². The van der Waals surface area contributed by atoms with Crippen LogP contribution in [0, 0.1) is 5.95 Å². The van der Waals surface area contributed by atoms with Gasteiger partial charge in [-0.1, -0.05) is 12.7 Å². The van der Waals surface area contributed by atoms with Gasteiger partial charge >= 0.3 is 7.12 Å². The monoisotopic (exact) mass is 249 g/mol. The molecule has 1 fully saturated rings. The maximum atomic E-state index is 13.9. The van der Waals surface area contributed by atoms with Gasteiger partial charge in [0.15, 0.2) is 0 Å². The molecule has 1 aromatic heterocycles. The third-order valence-corrected chi connectivity index (χ3v) is 3.68. The van der Waals surface area contributed by atoms with Crippen LogP contribution >= 0.6 is 0 Å². The third kappa shape index (κ3) is 1.97.